The van der Waals surface area contributed by atoms with E-state index in [1.165, 1.54) is 4.80 Å². The van der Waals surface area contributed by atoms with Crippen molar-refractivity contribution in [2.45, 2.75) is 12.8 Å². The molecule has 0 spiro atoms. The van der Waals surface area contributed by atoms with Gasteiger partial charge in [-0.05, 0) is 23.3 Å². The van der Waals surface area contributed by atoms with E-state index in [0.717, 1.165) is 17.7 Å². The minimum atomic E-state index is -0.126. The van der Waals surface area contributed by atoms with Crippen LogP contribution in [0.15, 0.2) is 24.3 Å². The largest absolute Gasteiger partial charge is 0.493 e. The summed E-state index contributed by atoms with van der Waals surface area (Å²) in [5.41, 5.74) is 1.08. The number of aryl methyl sites for hydroxylation is 1. The topological polar surface area (TPSA) is 69.9 Å². The lowest BCUT2D eigenvalue weighted by Gasteiger charge is -2.23. The number of aromatic nitrogens is 4. The van der Waals surface area contributed by atoms with E-state index in [-0.39, 0.29) is 18.1 Å². The Labute approximate surface area is 110 Å². The first-order valence-electron chi connectivity index (χ1n) is 6.18. The van der Waals surface area contributed by atoms with Crippen LogP contribution in [0.4, 0.5) is 0 Å². The van der Waals surface area contributed by atoms with Crippen LogP contribution in [-0.4, -0.2) is 32.6 Å². The molecule has 0 radical (unpaired) electrons. The third kappa shape index (κ3) is 2.47. The minimum absolute atomic E-state index is 0.0995. The summed E-state index contributed by atoms with van der Waals surface area (Å²) in [6.07, 6.45) is 0.930. The van der Waals surface area contributed by atoms with Gasteiger partial charge >= 0.3 is 0 Å². The molecule has 0 fully saturated rings. The van der Waals surface area contributed by atoms with E-state index in [9.17, 15) is 4.79 Å². The zero-order valence-electron chi connectivity index (χ0n) is 10.6. The third-order valence-corrected chi connectivity index (χ3v) is 3.22. The van der Waals surface area contributed by atoms with Gasteiger partial charge in [0.15, 0.2) is 5.82 Å². The summed E-state index contributed by atoms with van der Waals surface area (Å²) in [4.78, 5) is 13.5. The maximum atomic E-state index is 12.2. The molecule has 98 valence electrons. The highest BCUT2D eigenvalue weighted by atomic mass is 16.5. The van der Waals surface area contributed by atoms with Gasteiger partial charge in [0.05, 0.1) is 26.0 Å². The molecule has 1 aliphatic heterocycles. The number of carbonyl (C=O) groups excluding carboxylic acids is 1. The Bertz CT molecular complexity index is 608. The lowest BCUT2D eigenvalue weighted by molar-refractivity contribution is -0.123. The van der Waals surface area contributed by atoms with Gasteiger partial charge in [-0.2, -0.15) is 4.80 Å². The summed E-state index contributed by atoms with van der Waals surface area (Å²) in [6, 6.07) is 7.82. The van der Waals surface area contributed by atoms with Crippen LogP contribution in [-0.2, 0) is 24.7 Å². The second-order valence-electron chi connectivity index (χ2n) is 4.66. The SMILES string of the molecule is Cn1nnc(CC(=O)C2COc3ccccc3C2)n1. The second-order valence-corrected chi connectivity index (χ2v) is 4.66. The molecule has 0 amide bonds. The van der Waals surface area contributed by atoms with Crippen LogP contribution >= 0.6 is 0 Å². The number of nitrogens with zero attached hydrogens (tertiary/aromatic N) is 4. The van der Waals surface area contributed by atoms with Crippen molar-refractivity contribution in [2.24, 2.45) is 13.0 Å². The van der Waals surface area contributed by atoms with Crippen LogP contribution in [0, 0.1) is 5.92 Å². The van der Waals surface area contributed by atoms with Gasteiger partial charge in [-0.25, -0.2) is 0 Å². The number of ketones is 1. The molecule has 0 N–H and O–H groups in total. The summed E-state index contributed by atoms with van der Waals surface area (Å²) in [7, 11) is 1.68. The number of fused-ring (bicyclic) bond motifs is 1. The normalized spacial score (nSPS) is 17.6. The standard InChI is InChI=1S/C13H14N4O2/c1-17-15-13(14-16-17)7-11(18)10-6-9-4-2-3-5-12(9)19-8-10/h2-5,10H,6-8H2,1H3. The van der Waals surface area contributed by atoms with Gasteiger partial charge in [-0.3, -0.25) is 4.79 Å². The Hall–Kier alpha value is -2.24. The molecule has 19 heavy (non-hydrogen) atoms. The molecule has 2 aromatic rings. The van der Waals surface area contributed by atoms with Crippen LogP contribution in [0.1, 0.15) is 11.4 Å². The van der Waals surface area contributed by atoms with Gasteiger partial charge in [0.2, 0.25) is 0 Å². The number of carbonyl (C=O) groups is 1. The van der Waals surface area contributed by atoms with Gasteiger partial charge < -0.3 is 4.74 Å². The highest BCUT2D eigenvalue weighted by Crippen LogP contribution is 2.27. The highest BCUT2D eigenvalue weighted by molar-refractivity contribution is 5.83. The molecular weight excluding hydrogens is 244 g/mol. The molecule has 0 bridgehead atoms. The average Bonchev–Trinajstić information content (AvgIpc) is 2.83. The van der Waals surface area contributed by atoms with E-state index in [1.54, 1.807) is 7.05 Å². The second kappa shape index (κ2) is 4.79. The van der Waals surface area contributed by atoms with Gasteiger partial charge in [-0.1, -0.05) is 18.2 Å². The van der Waals surface area contributed by atoms with Gasteiger partial charge in [0, 0.05) is 0 Å². The molecule has 0 saturated heterocycles. The molecule has 6 nitrogen and oxygen atoms in total. The maximum Gasteiger partial charge on any atom is 0.182 e. The number of tetrazole rings is 1. The number of ether oxygens (including phenoxy) is 1. The van der Waals surface area contributed by atoms with Crippen LogP contribution in [0.25, 0.3) is 0 Å². The van der Waals surface area contributed by atoms with Crippen molar-refractivity contribution in [1.29, 1.82) is 0 Å². The molecule has 1 aliphatic rings. The quantitative estimate of drug-likeness (QED) is 0.805. The fourth-order valence-corrected chi connectivity index (χ4v) is 2.23. The number of rotatable bonds is 3. The fourth-order valence-electron chi connectivity index (χ4n) is 2.23. The van der Waals surface area contributed by atoms with E-state index < -0.39 is 0 Å². The molecule has 0 saturated carbocycles. The highest BCUT2D eigenvalue weighted by Gasteiger charge is 2.26. The van der Waals surface area contributed by atoms with E-state index in [2.05, 4.69) is 15.4 Å². The predicted molar refractivity (Wildman–Crippen MR) is 66.6 cm³/mol. The zero-order chi connectivity index (χ0) is 13.2. The Morgan fingerprint density at radius 1 is 1.47 bits per heavy atom. The van der Waals surface area contributed by atoms with Crippen molar-refractivity contribution < 1.29 is 9.53 Å². The van der Waals surface area contributed by atoms with Gasteiger partial charge in [0.25, 0.3) is 0 Å². The lowest BCUT2D eigenvalue weighted by Crippen LogP contribution is -2.29. The molecule has 1 aromatic carbocycles. The number of Topliss-reactive ketones (excluding diaryl/α,β-unsaturated/α-hetero) is 1. The van der Waals surface area contributed by atoms with Crippen molar-refractivity contribution in [2.75, 3.05) is 6.61 Å². The summed E-state index contributed by atoms with van der Waals surface area (Å²) >= 11 is 0. The van der Waals surface area contributed by atoms with Crippen molar-refractivity contribution >= 4 is 5.78 Å². The van der Waals surface area contributed by atoms with Crippen molar-refractivity contribution in [3.05, 3.63) is 35.7 Å². The predicted octanol–water partition coefficient (Wildman–Crippen LogP) is 0.573. The third-order valence-electron chi connectivity index (χ3n) is 3.22. The van der Waals surface area contributed by atoms with Gasteiger partial charge in [0.1, 0.15) is 11.5 Å². The summed E-state index contributed by atoms with van der Waals surface area (Å²) in [5, 5.41) is 11.6. The minimum Gasteiger partial charge on any atom is -0.493 e. The van der Waals surface area contributed by atoms with Crippen molar-refractivity contribution in [1.82, 2.24) is 20.2 Å². The molecule has 2 heterocycles. The number of hydrogen-bond donors (Lipinski definition) is 0. The van der Waals surface area contributed by atoms with E-state index in [0.29, 0.717) is 12.4 Å². The molecule has 1 atom stereocenters. The zero-order valence-corrected chi connectivity index (χ0v) is 10.6. The van der Waals surface area contributed by atoms with Crippen molar-refractivity contribution in [3.63, 3.8) is 0 Å². The first kappa shape index (κ1) is 11.8. The Kier molecular flexibility index (Phi) is 2.98. The van der Waals surface area contributed by atoms with Crippen LogP contribution in [0.3, 0.4) is 0 Å². The summed E-state index contributed by atoms with van der Waals surface area (Å²) < 4.78 is 5.62. The summed E-state index contributed by atoms with van der Waals surface area (Å²) in [6.45, 7) is 0.427. The first-order chi connectivity index (χ1) is 9.22. The molecule has 1 unspecified atom stereocenters. The van der Waals surface area contributed by atoms with E-state index >= 15 is 0 Å². The lowest BCUT2D eigenvalue weighted by atomic mass is 9.92. The number of hydrogen-bond acceptors (Lipinski definition) is 5. The smallest absolute Gasteiger partial charge is 0.182 e. The van der Waals surface area contributed by atoms with E-state index in [1.807, 2.05) is 24.3 Å². The Morgan fingerprint density at radius 2 is 2.32 bits per heavy atom. The van der Waals surface area contributed by atoms with Crippen molar-refractivity contribution in [3.8, 4) is 5.75 Å². The van der Waals surface area contributed by atoms with E-state index in [4.69, 9.17) is 4.74 Å². The van der Waals surface area contributed by atoms with Crippen LogP contribution < -0.4 is 4.74 Å². The maximum absolute atomic E-state index is 12.2. The first-order valence-corrected chi connectivity index (χ1v) is 6.18. The van der Waals surface area contributed by atoms with Crippen LogP contribution in [0.2, 0.25) is 0 Å². The molecule has 1 aromatic heterocycles. The molecule has 0 aliphatic carbocycles. The number of benzene rings is 1. The monoisotopic (exact) mass is 258 g/mol. The Balaban J connectivity index is 1.69. The molecular formula is C13H14N4O2. The Morgan fingerprint density at radius 3 is 3.11 bits per heavy atom. The number of para-hydroxylation sites is 1. The molecule has 6 heteroatoms. The molecule has 3 rings (SSSR count). The summed E-state index contributed by atoms with van der Waals surface area (Å²) in [5.74, 6) is 1.32. The van der Waals surface area contributed by atoms with Crippen LogP contribution in [0.5, 0.6) is 5.75 Å². The fraction of sp³-hybridized carbons (Fsp3) is 0.385. The van der Waals surface area contributed by atoms with Gasteiger partial charge in [-0.15, -0.1) is 10.2 Å². The average molecular weight is 258 g/mol.